The van der Waals surface area contributed by atoms with Crippen LogP contribution in [0.25, 0.3) is 0 Å². The second-order valence-corrected chi connectivity index (χ2v) is 3.46. The van der Waals surface area contributed by atoms with Crippen LogP contribution in [0.1, 0.15) is 24.4 Å². The Hall–Kier alpha value is -0.570. The summed E-state index contributed by atoms with van der Waals surface area (Å²) in [5, 5.41) is 9.34. The minimum Gasteiger partial charge on any atom is -0.396 e. The molecule has 1 aromatic rings. The number of hydrogen-bond acceptors (Lipinski definition) is 2. The quantitative estimate of drug-likeness (QED) is 0.781. The van der Waals surface area contributed by atoms with Crippen molar-refractivity contribution in [1.82, 2.24) is 0 Å². The monoisotopic (exact) mass is 199 g/mol. The van der Waals surface area contributed by atoms with Gasteiger partial charge in [0.05, 0.1) is 0 Å². The summed E-state index contributed by atoms with van der Waals surface area (Å²) in [5.74, 6) is 0. The first-order valence-corrected chi connectivity index (χ1v) is 4.73. The Kier molecular flexibility index (Phi) is 4.22. The lowest BCUT2D eigenvalue weighted by Gasteiger charge is -2.10. The Morgan fingerprint density at radius 1 is 1.46 bits per heavy atom. The van der Waals surface area contributed by atoms with Gasteiger partial charge in [0.1, 0.15) is 0 Å². The number of hydrogen-bond donors (Lipinski definition) is 2. The molecule has 0 aliphatic rings. The lowest BCUT2D eigenvalue weighted by Crippen LogP contribution is -2.10. The smallest absolute Gasteiger partial charge is 0.0431 e. The summed E-state index contributed by atoms with van der Waals surface area (Å²) < 4.78 is 0. The molecule has 0 bridgehead atoms. The maximum atomic E-state index is 8.64. The van der Waals surface area contributed by atoms with E-state index in [1.54, 1.807) is 0 Å². The van der Waals surface area contributed by atoms with Crippen molar-refractivity contribution in [2.45, 2.75) is 18.9 Å². The van der Waals surface area contributed by atoms with E-state index in [1.807, 2.05) is 24.3 Å². The van der Waals surface area contributed by atoms with Gasteiger partial charge in [0.15, 0.2) is 0 Å². The van der Waals surface area contributed by atoms with Crippen molar-refractivity contribution in [1.29, 1.82) is 0 Å². The molecular weight excluding hydrogens is 186 g/mol. The highest BCUT2D eigenvalue weighted by molar-refractivity contribution is 6.30. The molecule has 0 radical (unpaired) electrons. The van der Waals surface area contributed by atoms with Crippen molar-refractivity contribution in [3.8, 4) is 0 Å². The van der Waals surface area contributed by atoms with Gasteiger partial charge >= 0.3 is 0 Å². The molecule has 3 N–H and O–H groups in total. The Bertz CT molecular complexity index is 265. The Morgan fingerprint density at radius 3 is 2.85 bits per heavy atom. The maximum Gasteiger partial charge on any atom is 0.0431 e. The summed E-state index contributed by atoms with van der Waals surface area (Å²) in [7, 11) is 0. The van der Waals surface area contributed by atoms with E-state index in [4.69, 9.17) is 22.4 Å². The van der Waals surface area contributed by atoms with E-state index in [2.05, 4.69) is 0 Å². The van der Waals surface area contributed by atoms with Crippen LogP contribution in [0.15, 0.2) is 24.3 Å². The molecule has 72 valence electrons. The molecule has 0 amide bonds. The molecule has 0 aliphatic heterocycles. The van der Waals surface area contributed by atoms with Gasteiger partial charge in [0.25, 0.3) is 0 Å². The van der Waals surface area contributed by atoms with Crippen molar-refractivity contribution >= 4 is 11.6 Å². The van der Waals surface area contributed by atoms with Gasteiger partial charge in [-0.15, -0.1) is 0 Å². The molecular formula is C10H14ClNO. The van der Waals surface area contributed by atoms with Gasteiger partial charge in [-0.05, 0) is 30.5 Å². The van der Waals surface area contributed by atoms with Crippen LogP contribution in [-0.4, -0.2) is 11.7 Å². The van der Waals surface area contributed by atoms with Gasteiger partial charge in [0, 0.05) is 17.7 Å². The van der Waals surface area contributed by atoms with Gasteiger partial charge in [-0.1, -0.05) is 23.7 Å². The van der Waals surface area contributed by atoms with E-state index < -0.39 is 0 Å². The van der Waals surface area contributed by atoms with Crippen molar-refractivity contribution in [3.63, 3.8) is 0 Å². The van der Waals surface area contributed by atoms with E-state index in [-0.39, 0.29) is 12.6 Å². The van der Waals surface area contributed by atoms with Crippen LogP contribution in [0.3, 0.4) is 0 Å². The zero-order valence-electron chi connectivity index (χ0n) is 7.41. The van der Waals surface area contributed by atoms with Crippen molar-refractivity contribution in [2.24, 2.45) is 5.73 Å². The van der Waals surface area contributed by atoms with Crippen LogP contribution < -0.4 is 5.73 Å². The van der Waals surface area contributed by atoms with Crippen molar-refractivity contribution < 1.29 is 5.11 Å². The van der Waals surface area contributed by atoms with Crippen LogP contribution in [-0.2, 0) is 0 Å². The predicted octanol–water partition coefficient (Wildman–Crippen LogP) is 2.11. The summed E-state index contributed by atoms with van der Waals surface area (Å²) in [6, 6.07) is 7.50. The molecule has 1 aromatic carbocycles. The Labute approximate surface area is 83.3 Å². The molecule has 0 unspecified atom stereocenters. The summed E-state index contributed by atoms with van der Waals surface area (Å²) >= 11 is 5.82. The molecule has 13 heavy (non-hydrogen) atoms. The highest BCUT2D eigenvalue weighted by Crippen LogP contribution is 2.19. The van der Waals surface area contributed by atoms with Gasteiger partial charge in [-0.25, -0.2) is 0 Å². The Morgan fingerprint density at radius 2 is 2.23 bits per heavy atom. The lowest BCUT2D eigenvalue weighted by atomic mass is 10.0. The SMILES string of the molecule is N[C@@H](CCCO)c1cccc(Cl)c1. The zero-order valence-corrected chi connectivity index (χ0v) is 8.17. The van der Waals surface area contributed by atoms with Crippen LogP contribution in [0, 0.1) is 0 Å². The fraction of sp³-hybridized carbons (Fsp3) is 0.400. The third kappa shape index (κ3) is 3.35. The largest absolute Gasteiger partial charge is 0.396 e. The average Bonchev–Trinajstić information content (AvgIpc) is 2.14. The number of rotatable bonds is 4. The van der Waals surface area contributed by atoms with Gasteiger partial charge < -0.3 is 10.8 Å². The molecule has 0 aliphatic carbocycles. The topological polar surface area (TPSA) is 46.2 Å². The molecule has 1 rings (SSSR count). The average molecular weight is 200 g/mol. The summed E-state index contributed by atoms with van der Waals surface area (Å²) in [6.07, 6.45) is 1.52. The summed E-state index contributed by atoms with van der Waals surface area (Å²) in [5.41, 5.74) is 6.91. The van der Waals surface area contributed by atoms with Gasteiger partial charge in [-0.2, -0.15) is 0 Å². The fourth-order valence-electron chi connectivity index (χ4n) is 1.22. The van der Waals surface area contributed by atoms with Gasteiger partial charge in [0.2, 0.25) is 0 Å². The standard InChI is InChI=1S/C10H14ClNO/c11-9-4-1-3-8(7-9)10(12)5-2-6-13/h1,3-4,7,10,13H,2,5-6,12H2/t10-/m0/s1. The molecule has 0 aromatic heterocycles. The van der Waals surface area contributed by atoms with Crippen molar-refractivity contribution in [2.75, 3.05) is 6.61 Å². The predicted molar refractivity (Wildman–Crippen MR) is 54.7 cm³/mol. The van der Waals surface area contributed by atoms with Crippen LogP contribution in [0.2, 0.25) is 5.02 Å². The lowest BCUT2D eigenvalue weighted by molar-refractivity contribution is 0.280. The maximum absolute atomic E-state index is 8.64. The normalized spacial score (nSPS) is 12.8. The minimum absolute atomic E-state index is 0.0224. The highest BCUT2D eigenvalue weighted by atomic mass is 35.5. The molecule has 0 heterocycles. The third-order valence-electron chi connectivity index (χ3n) is 1.95. The molecule has 0 fully saturated rings. The number of nitrogens with two attached hydrogens (primary N) is 1. The van der Waals surface area contributed by atoms with E-state index in [0.717, 1.165) is 18.4 Å². The van der Waals surface area contributed by atoms with Crippen LogP contribution >= 0.6 is 11.6 Å². The van der Waals surface area contributed by atoms with E-state index in [9.17, 15) is 0 Å². The van der Waals surface area contributed by atoms with E-state index in [0.29, 0.717) is 5.02 Å². The van der Waals surface area contributed by atoms with Crippen LogP contribution in [0.5, 0.6) is 0 Å². The minimum atomic E-state index is -0.0224. The number of halogens is 1. The Balaban J connectivity index is 2.60. The van der Waals surface area contributed by atoms with Crippen molar-refractivity contribution in [3.05, 3.63) is 34.9 Å². The molecule has 2 nitrogen and oxygen atoms in total. The first kappa shape index (κ1) is 10.5. The molecule has 0 spiro atoms. The molecule has 1 atom stereocenters. The second kappa shape index (κ2) is 5.22. The second-order valence-electron chi connectivity index (χ2n) is 3.03. The van der Waals surface area contributed by atoms with Gasteiger partial charge in [-0.3, -0.25) is 0 Å². The molecule has 0 saturated carbocycles. The number of aliphatic hydroxyl groups is 1. The number of aliphatic hydroxyl groups excluding tert-OH is 1. The number of benzene rings is 1. The fourth-order valence-corrected chi connectivity index (χ4v) is 1.41. The van der Waals surface area contributed by atoms with E-state index >= 15 is 0 Å². The van der Waals surface area contributed by atoms with Crippen LogP contribution in [0.4, 0.5) is 0 Å². The highest BCUT2D eigenvalue weighted by Gasteiger charge is 2.04. The third-order valence-corrected chi connectivity index (χ3v) is 2.19. The first-order chi connectivity index (χ1) is 6.24. The molecule has 0 saturated heterocycles. The molecule has 3 heteroatoms. The zero-order chi connectivity index (χ0) is 9.68. The summed E-state index contributed by atoms with van der Waals surface area (Å²) in [4.78, 5) is 0. The first-order valence-electron chi connectivity index (χ1n) is 4.36. The van der Waals surface area contributed by atoms with E-state index in [1.165, 1.54) is 0 Å². The summed E-state index contributed by atoms with van der Waals surface area (Å²) in [6.45, 7) is 0.189.